The molecule has 1 saturated carbocycles. The predicted molar refractivity (Wildman–Crippen MR) is 77.0 cm³/mol. The highest BCUT2D eigenvalue weighted by molar-refractivity contribution is 7.89. The third-order valence-corrected chi connectivity index (χ3v) is 5.12. The maximum absolute atomic E-state index is 12.2. The summed E-state index contributed by atoms with van der Waals surface area (Å²) in [7, 11) is -1.95. The number of benzene rings is 1. The largest absolute Gasteiger partial charge is 0.355 e. The Hall–Kier alpha value is -1.40. The van der Waals surface area contributed by atoms with E-state index in [0.29, 0.717) is 5.56 Å². The minimum atomic E-state index is -3.49. The molecule has 2 rings (SSSR count). The lowest BCUT2D eigenvalue weighted by atomic mass is 9.96. The molecule has 1 fully saturated rings. The first kappa shape index (κ1) is 15.0. The van der Waals surface area contributed by atoms with E-state index in [0.717, 1.165) is 25.7 Å². The summed E-state index contributed by atoms with van der Waals surface area (Å²) >= 11 is 0. The molecule has 1 aliphatic carbocycles. The Labute approximate surface area is 119 Å². The number of carbonyl (C=O) groups is 1. The summed E-state index contributed by atoms with van der Waals surface area (Å²) in [6, 6.07) is 6.01. The smallest absolute Gasteiger partial charge is 0.251 e. The van der Waals surface area contributed by atoms with Gasteiger partial charge in [-0.2, -0.15) is 0 Å². The first-order valence-corrected chi connectivity index (χ1v) is 8.36. The second-order valence-electron chi connectivity index (χ2n) is 5.06. The number of rotatable bonds is 4. The van der Waals surface area contributed by atoms with Gasteiger partial charge < -0.3 is 5.32 Å². The molecule has 1 aliphatic rings. The van der Waals surface area contributed by atoms with Crippen molar-refractivity contribution in [2.45, 2.75) is 43.0 Å². The van der Waals surface area contributed by atoms with Crippen LogP contribution in [-0.4, -0.2) is 27.4 Å². The van der Waals surface area contributed by atoms with Crippen LogP contribution in [0.1, 0.15) is 42.5 Å². The molecule has 0 saturated heterocycles. The molecule has 0 spiro atoms. The summed E-state index contributed by atoms with van der Waals surface area (Å²) in [4.78, 5) is 11.6. The van der Waals surface area contributed by atoms with E-state index in [4.69, 9.17) is 0 Å². The molecule has 5 nitrogen and oxygen atoms in total. The molecule has 1 aromatic rings. The van der Waals surface area contributed by atoms with Gasteiger partial charge in [0.2, 0.25) is 10.0 Å². The van der Waals surface area contributed by atoms with Gasteiger partial charge in [-0.1, -0.05) is 19.3 Å². The van der Waals surface area contributed by atoms with Crippen molar-refractivity contribution < 1.29 is 13.2 Å². The van der Waals surface area contributed by atoms with Gasteiger partial charge in [0.25, 0.3) is 5.91 Å². The monoisotopic (exact) mass is 296 g/mol. The van der Waals surface area contributed by atoms with Crippen molar-refractivity contribution >= 4 is 15.9 Å². The van der Waals surface area contributed by atoms with Crippen molar-refractivity contribution in [2.24, 2.45) is 0 Å². The molecular formula is C14H20N2O3S. The van der Waals surface area contributed by atoms with Gasteiger partial charge >= 0.3 is 0 Å². The summed E-state index contributed by atoms with van der Waals surface area (Å²) in [5.74, 6) is -0.228. The van der Waals surface area contributed by atoms with Crippen molar-refractivity contribution in [3.63, 3.8) is 0 Å². The third-order valence-electron chi connectivity index (χ3n) is 3.58. The molecule has 0 radical (unpaired) electrons. The van der Waals surface area contributed by atoms with Crippen LogP contribution in [0.25, 0.3) is 0 Å². The van der Waals surface area contributed by atoms with Gasteiger partial charge in [-0.05, 0) is 37.1 Å². The average molecular weight is 296 g/mol. The normalized spacial score (nSPS) is 16.9. The zero-order chi connectivity index (χ0) is 14.6. The molecule has 0 atom stereocenters. The lowest BCUT2D eigenvalue weighted by molar-refractivity contribution is 0.0963. The molecule has 0 aliphatic heterocycles. The topological polar surface area (TPSA) is 75.3 Å². The molecule has 6 heteroatoms. The van der Waals surface area contributed by atoms with Gasteiger partial charge in [0.05, 0.1) is 4.90 Å². The highest BCUT2D eigenvalue weighted by atomic mass is 32.2. The molecule has 2 N–H and O–H groups in total. The highest BCUT2D eigenvalue weighted by Crippen LogP contribution is 2.20. The number of carbonyl (C=O) groups excluding carboxylic acids is 1. The van der Waals surface area contributed by atoms with Crippen LogP contribution in [0.15, 0.2) is 29.2 Å². The molecule has 0 unspecified atom stereocenters. The Morgan fingerprint density at radius 3 is 2.25 bits per heavy atom. The van der Waals surface area contributed by atoms with Gasteiger partial charge in [0.15, 0.2) is 0 Å². The molecule has 1 aromatic carbocycles. The maximum Gasteiger partial charge on any atom is 0.251 e. The zero-order valence-electron chi connectivity index (χ0n) is 11.6. The summed E-state index contributed by atoms with van der Waals surface area (Å²) in [6.45, 7) is 0. The minimum absolute atomic E-state index is 0.0346. The van der Waals surface area contributed by atoms with Crippen LogP contribution in [0.5, 0.6) is 0 Å². The Morgan fingerprint density at radius 2 is 1.70 bits per heavy atom. The minimum Gasteiger partial charge on any atom is -0.355 e. The molecular weight excluding hydrogens is 276 g/mol. The van der Waals surface area contributed by atoms with E-state index in [1.54, 1.807) is 0 Å². The van der Waals surface area contributed by atoms with Crippen molar-refractivity contribution in [3.8, 4) is 0 Å². The maximum atomic E-state index is 12.2. The van der Waals surface area contributed by atoms with Crippen LogP contribution in [0.4, 0.5) is 0 Å². The summed E-state index contributed by atoms with van der Waals surface area (Å²) in [5.41, 5.74) is 0.448. The molecule has 1 amide bonds. The Balaban J connectivity index is 2.10. The van der Waals surface area contributed by atoms with Crippen molar-refractivity contribution in [1.29, 1.82) is 0 Å². The van der Waals surface area contributed by atoms with E-state index in [2.05, 4.69) is 10.0 Å². The van der Waals surface area contributed by atoms with Crippen LogP contribution in [0.2, 0.25) is 0 Å². The van der Waals surface area contributed by atoms with Crippen molar-refractivity contribution in [1.82, 2.24) is 10.0 Å². The average Bonchev–Trinajstić information content (AvgIpc) is 2.47. The highest BCUT2D eigenvalue weighted by Gasteiger charge is 2.21. The number of amides is 1. The number of sulfonamides is 1. The summed E-state index contributed by atoms with van der Waals surface area (Å²) in [5, 5.41) is 2.50. The lowest BCUT2D eigenvalue weighted by Crippen LogP contribution is -2.36. The quantitative estimate of drug-likeness (QED) is 0.887. The fourth-order valence-electron chi connectivity index (χ4n) is 2.44. The first-order chi connectivity index (χ1) is 9.53. The molecule has 110 valence electrons. The van der Waals surface area contributed by atoms with Gasteiger partial charge in [-0.15, -0.1) is 0 Å². The van der Waals surface area contributed by atoms with Gasteiger partial charge in [0, 0.05) is 18.7 Å². The fourth-order valence-corrected chi connectivity index (χ4v) is 3.74. The van der Waals surface area contributed by atoms with E-state index >= 15 is 0 Å². The first-order valence-electron chi connectivity index (χ1n) is 6.87. The zero-order valence-corrected chi connectivity index (χ0v) is 12.4. The van der Waals surface area contributed by atoms with Gasteiger partial charge in [-0.25, -0.2) is 13.1 Å². The van der Waals surface area contributed by atoms with E-state index < -0.39 is 10.0 Å². The third kappa shape index (κ3) is 3.58. The Kier molecular flexibility index (Phi) is 4.77. The lowest BCUT2D eigenvalue weighted by Gasteiger charge is -2.22. The van der Waals surface area contributed by atoms with Crippen molar-refractivity contribution in [2.75, 3.05) is 7.05 Å². The fraction of sp³-hybridized carbons (Fsp3) is 0.500. The van der Waals surface area contributed by atoms with Gasteiger partial charge in [-0.3, -0.25) is 4.79 Å². The molecule has 0 heterocycles. The predicted octanol–water partition coefficient (Wildman–Crippen LogP) is 1.66. The van der Waals surface area contributed by atoms with Crippen LogP contribution in [-0.2, 0) is 10.0 Å². The number of hydrogen-bond donors (Lipinski definition) is 2. The van der Waals surface area contributed by atoms with E-state index in [1.165, 1.54) is 37.7 Å². The number of hydrogen-bond acceptors (Lipinski definition) is 3. The second-order valence-corrected chi connectivity index (χ2v) is 6.77. The van der Waals surface area contributed by atoms with Crippen LogP contribution in [0, 0.1) is 0 Å². The summed E-state index contributed by atoms with van der Waals surface area (Å²) < 4.78 is 27.2. The molecule has 0 aromatic heterocycles. The van der Waals surface area contributed by atoms with Gasteiger partial charge in [0.1, 0.15) is 0 Å². The van der Waals surface area contributed by atoms with Crippen molar-refractivity contribution in [3.05, 3.63) is 29.8 Å². The Morgan fingerprint density at radius 1 is 1.10 bits per heavy atom. The van der Waals surface area contributed by atoms with E-state index in [-0.39, 0.29) is 16.8 Å². The van der Waals surface area contributed by atoms with Crippen LogP contribution in [0.3, 0.4) is 0 Å². The molecule has 20 heavy (non-hydrogen) atoms. The van der Waals surface area contributed by atoms with Crippen LogP contribution < -0.4 is 10.0 Å². The molecule has 0 bridgehead atoms. The second kappa shape index (κ2) is 6.37. The van der Waals surface area contributed by atoms with E-state index in [9.17, 15) is 13.2 Å². The Bertz CT molecular complexity index is 561. The van der Waals surface area contributed by atoms with E-state index in [1.807, 2.05) is 0 Å². The summed E-state index contributed by atoms with van der Waals surface area (Å²) in [6.07, 6.45) is 5.12. The standard InChI is InChI=1S/C14H20N2O3S/c1-15-14(17)11-7-9-13(10-8-11)20(18,19)16-12-5-3-2-4-6-12/h7-10,12,16H,2-6H2,1H3,(H,15,17). The number of nitrogens with one attached hydrogen (secondary N) is 2. The SMILES string of the molecule is CNC(=O)c1ccc(S(=O)(=O)NC2CCCCC2)cc1. The van der Waals surface area contributed by atoms with Crippen LogP contribution >= 0.6 is 0 Å².